The number of aromatic nitrogens is 1. The molecule has 2 heterocycles. The molecule has 0 unspecified atom stereocenters. The second kappa shape index (κ2) is 7.34. The zero-order chi connectivity index (χ0) is 20.5. The van der Waals surface area contributed by atoms with Crippen molar-refractivity contribution in [1.29, 1.82) is 0 Å². The molecule has 0 fully saturated rings. The van der Waals surface area contributed by atoms with Crippen molar-refractivity contribution in [3.05, 3.63) is 59.8 Å². The van der Waals surface area contributed by atoms with Crippen molar-refractivity contribution >= 4 is 40.0 Å². The molecule has 0 atom stereocenters. The third-order valence-electron chi connectivity index (χ3n) is 4.77. The molecule has 4 rings (SSSR count). The van der Waals surface area contributed by atoms with Crippen LogP contribution in [0.4, 0.5) is 20.2 Å². The van der Waals surface area contributed by atoms with Crippen LogP contribution in [-0.2, 0) is 20.8 Å². The zero-order valence-corrected chi connectivity index (χ0v) is 15.1. The van der Waals surface area contributed by atoms with Crippen molar-refractivity contribution in [2.75, 3.05) is 23.3 Å². The van der Waals surface area contributed by atoms with Crippen molar-refractivity contribution in [2.24, 2.45) is 0 Å². The Labute approximate surface area is 163 Å². The van der Waals surface area contributed by atoms with Gasteiger partial charge < -0.3 is 20.5 Å². The van der Waals surface area contributed by atoms with E-state index in [1.54, 1.807) is 4.90 Å². The third kappa shape index (κ3) is 3.54. The first-order valence-corrected chi connectivity index (χ1v) is 8.87. The number of aromatic amines is 1. The molecule has 0 bridgehead atoms. The monoisotopic (exact) mass is 398 g/mol. The number of hydrogen-bond acceptors (Lipinski definition) is 3. The molecule has 3 amide bonds. The number of carbonyl (C=O) groups is 3. The molecule has 1 aromatic heterocycles. The summed E-state index contributed by atoms with van der Waals surface area (Å²) in [5.41, 5.74) is 2.23. The normalized spacial score (nSPS) is 12.7. The van der Waals surface area contributed by atoms with E-state index in [4.69, 9.17) is 0 Å². The lowest BCUT2D eigenvalue weighted by molar-refractivity contribution is -0.136. The van der Waals surface area contributed by atoms with Crippen LogP contribution in [0.15, 0.2) is 42.6 Å². The highest BCUT2D eigenvalue weighted by Crippen LogP contribution is 2.27. The molecule has 148 valence electrons. The molecule has 0 spiro atoms. The Kier molecular flexibility index (Phi) is 4.71. The minimum absolute atomic E-state index is 0.124. The number of nitrogens with zero attached hydrogens (tertiary/aromatic N) is 1. The van der Waals surface area contributed by atoms with E-state index in [0.29, 0.717) is 6.54 Å². The topological polar surface area (TPSA) is 94.3 Å². The van der Waals surface area contributed by atoms with Gasteiger partial charge in [0.25, 0.3) is 0 Å². The van der Waals surface area contributed by atoms with Gasteiger partial charge in [-0.1, -0.05) is 18.2 Å². The van der Waals surface area contributed by atoms with Crippen LogP contribution in [0.5, 0.6) is 0 Å². The number of halogens is 2. The highest BCUT2D eigenvalue weighted by Gasteiger charge is 2.25. The van der Waals surface area contributed by atoms with E-state index in [2.05, 4.69) is 15.6 Å². The molecular formula is C20H16F2N4O3. The molecule has 3 N–H and O–H groups in total. The lowest BCUT2D eigenvalue weighted by atomic mass is 10.2. The number of rotatable bonds is 3. The molecule has 2 aromatic carbocycles. The standard InChI is InChI=1S/C20H16F2N4O3/c21-13-7-12-15(8-14(13)22)23-9-16(12)25-20(29)19(28)24-10-18(27)26-6-5-11-3-1-2-4-17(11)26/h1-4,7-9,23H,5-6,10H2,(H,24,28)(H,25,29). The van der Waals surface area contributed by atoms with Gasteiger partial charge in [0.2, 0.25) is 5.91 Å². The van der Waals surface area contributed by atoms with Crippen molar-refractivity contribution in [3.8, 4) is 0 Å². The van der Waals surface area contributed by atoms with Crippen LogP contribution in [0.3, 0.4) is 0 Å². The summed E-state index contributed by atoms with van der Waals surface area (Å²) in [4.78, 5) is 40.8. The van der Waals surface area contributed by atoms with Gasteiger partial charge in [0, 0.05) is 29.9 Å². The highest BCUT2D eigenvalue weighted by atomic mass is 19.2. The summed E-state index contributed by atoms with van der Waals surface area (Å²) < 4.78 is 26.7. The smallest absolute Gasteiger partial charge is 0.313 e. The van der Waals surface area contributed by atoms with Gasteiger partial charge in [-0.2, -0.15) is 0 Å². The Morgan fingerprint density at radius 2 is 1.83 bits per heavy atom. The quantitative estimate of drug-likeness (QED) is 0.590. The first kappa shape index (κ1) is 18.6. The molecule has 0 radical (unpaired) electrons. The Hall–Kier alpha value is -3.75. The predicted molar refractivity (Wildman–Crippen MR) is 102 cm³/mol. The molecule has 3 aromatic rings. The number of anilines is 2. The number of fused-ring (bicyclic) bond motifs is 2. The number of H-pyrrole nitrogens is 1. The number of benzene rings is 2. The van der Waals surface area contributed by atoms with Gasteiger partial charge in [-0.05, 0) is 24.1 Å². The fraction of sp³-hybridized carbons (Fsp3) is 0.150. The summed E-state index contributed by atoms with van der Waals surface area (Å²) in [6.07, 6.45) is 2.05. The molecular weight excluding hydrogens is 382 g/mol. The van der Waals surface area contributed by atoms with Crippen LogP contribution >= 0.6 is 0 Å². The molecule has 0 saturated heterocycles. The van der Waals surface area contributed by atoms with Gasteiger partial charge in [-0.15, -0.1) is 0 Å². The van der Waals surface area contributed by atoms with Crippen LogP contribution < -0.4 is 15.5 Å². The zero-order valence-electron chi connectivity index (χ0n) is 15.1. The summed E-state index contributed by atoms with van der Waals surface area (Å²) >= 11 is 0. The number of nitrogens with one attached hydrogen (secondary N) is 3. The third-order valence-corrected chi connectivity index (χ3v) is 4.77. The average Bonchev–Trinajstić information content (AvgIpc) is 3.31. The van der Waals surface area contributed by atoms with Gasteiger partial charge >= 0.3 is 11.8 Å². The molecule has 1 aliphatic heterocycles. The molecule has 1 aliphatic rings. The molecule has 9 heteroatoms. The van der Waals surface area contributed by atoms with Crippen molar-refractivity contribution < 1.29 is 23.2 Å². The summed E-state index contributed by atoms with van der Waals surface area (Å²) in [7, 11) is 0. The maximum absolute atomic E-state index is 13.4. The van der Waals surface area contributed by atoms with E-state index in [1.807, 2.05) is 24.3 Å². The summed E-state index contributed by atoms with van der Waals surface area (Å²) in [5, 5.41) is 4.83. The Bertz CT molecular complexity index is 1140. The Morgan fingerprint density at radius 1 is 1.07 bits per heavy atom. The average molecular weight is 398 g/mol. The maximum atomic E-state index is 13.4. The van der Waals surface area contributed by atoms with E-state index in [0.717, 1.165) is 29.8 Å². The summed E-state index contributed by atoms with van der Waals surface area (Å²) in [5.74, 6) is -4.47. The van der Waals surface area contributed by atoms with Crippen LogP contribution in [-0.4, -0.2) is 35.8 Å². The first-order valence-electron chi connectivity index (χ1n) is 8.87. The van der Waals surface area contributed by atoms with E-state index < -0.39 is 23.4 Å². The Balaban J connectivity index is 1.38. The minimum Gasteiger partial charge on any atom is -0.359 e. The molecule has 29 heavy (non-hydrogen) atoms. The molecule has 7 nitrogen and oxygen atoms in total. The first-order chi connectivity index (χ1) is 13.9. The molecule has 0 saturated carbocycles. The van der Waals surface area contributed by atoms with E-state index in [1.165, 1.54) is 6.20 Å². The summed E-state index contributed by atoms with van der Waals surface area (Å²) in [6.45, 7) is 0.173. The largest absolute Gasteiger partial charge is 0.359 e. The second-order valence-corrected chi connectivity index (χ2v) is 6.58. The fourth-order valence-corrected chi connectivity index (χ4v) is 3.33. The minimum atomic E-state index is -1.08. The SMILES string of the molecule is O=C(NCC(=O)N1CCc2ccccc21)C(=O)Nc1c[nH]c2cc(F)c(F)cc12. The number of amides is 3. The number of hydrogen-bond donors (Lipinski definition) is 3. The predicted octanol–water partition coefficient (Wildman–Crippen LogP) is 2.09. The fourth-order valence-electron chi connectivity index (χ4n) is 3.33. The van der Waals surface area contributed by atoms with Crippen molar-refractivity contribution in [1.82, 2.24) is 10.3 Å². The summed E-state index contributed by atoms with van der Waals surface area (Å²) in [6, 6.07) is 9.35. The lowest BCUT2D eigenvalue weighted by Gasteiger charge is -2.17. The number of para-hydroxylation sites is 1. The highest BCUT2D eigenvalue weighted by molar-refractivity contribution is 6.40. The van der Waals surface area contributed by atoms with E-state index in [9.17, 15) is 23.2 Å². The van der Waals surface area contributed by atoms with Crippen LogP contribution in [0.1, 0.15) is 5.56 Å². The van der Waals surface area contributed by atoms with Gasteiger partial charge in [0.05, 0.1) is 17.7 Å². The van der Waals surface area contributed by atoms with E-state index in [-0.39, 0.29) is 29.0 Å². The van der Waals surface area contributed by atoms with Crippen molar-refractivity contribution in [2.45, 2.75) is 6.42 Å². The van der Waals surface area contributed by atoms with E-state index >= 15 is 0 Å². The van der Waals surface area contributed by atoms with Crippen molar-refractivity contribution in [3.63, 3.8) is 0 Å². The molecule has 0 aliphatic carbocycles. The van der Waals surface area contributed by atoms with Gasteiger partial charge in [-0.3, -0.25) is 14.4 Å². The number of carbonyl (C=O) groups excluding carboxylic acids is 3. The van der Waals surface area contributed by atoms with Gasteiger partial charge in [0.1, 0.15) is 0 Å². The van der Waals surface area contributed by atoms with Gasteiger partial charge in [-0.25, -0.2) is 8.78 Å². The van der Waals surface area contributed by atoms with Crippen LogP contribution in [0.2, 0.25) is 0 Å². The second-order valence-electron chi connectivity index (χ2n) is 6.58. The van der Waals surface area contributed by atoms with Crippen LogP contribution in [0.25, 0.3) is 10.9 Å². The van der Waals surface area contributed by atoms with Crippen LogP contribution in [0, 0.1) is 11.6 Å². The maximum Gasteiger partial charge on any atom is 0.313 e. The van der Waals surface area contributed by atoms with Gasteiger partial charge in [0.15, 0.2) is 11.6 Å². The Morgan fingerprint density at radius 3 is 2.66 bits per heavy atom. The lowest BCUT2D eigenvalue weighted by Crippen LogP contribution is -2.43.